The van der Waals surface area contributed by atoms with Crippen molar-refractivity contribution in [1.82, 2.24) is 4.90 Å². The number of carbonyl (C=O) groups excluding carboxylic acids is 2. The van der Waals surface area contributed by atoms with Crippen molar-refractivity contribution in [3.63, 3.8) is 0 Å². The number of amides is 2. The van der Waals surface area contributed by atoms with Crippen LogP contribution in [0.4, 0.5) is 15.8 Å². The Morgan fingerprint density at radius 1 is 0.964 bits per heavy atom. The van der Waals surface area contributed by atoms with Gasteiger partial charge in [0.25, 0.3) is 0 Å². The number of nitrogens with one attached hydrogen (secondary N) is 2. The molecule has 148 valence electrons. The van der Waals surface area contributed by atoms with Crippen molar-refractivity contribution < 1.29 is 14.0 Å². The number of likely N-dealkylation sites (tertiary alicyclic amines) is 1. The minimum absolute atomic E-state index is 0.0396. The summed E-state index contributed by atoms with van der Waals surface area (Å²) in [7, 11) is 0. The maximum atomic E-state index is 12.9. The Kier molecular flexibility index (Phi) is 6.76. The number of hydrogen-bond donors (Lipinski definition) is 2. The highest BCUT2D eigenvalue weighted by Gasteiger charge is 2.26. The van der Waals surface area contributed by atoms with Crippen LogP contribution in [0.3, 0.4) is 0 Å². The zero-order valence-electron chi connectivity index (χ0n) is 16.1. The van der Waals surface area contributed by atoms with Crippen LogP contribution in [0.1, 0.15) is 25.3 Å². The summed E-state index contributed by atoms with van der Waals surface area (Å²) in [4.78, 5) is 26.7. The summed E-state index contributed by atoms with van der Waals surface area (Å²) < 4.78 is 12.9. The van der Waals surface area contributed by atoms with E-state index in [4.69, 9.17) is 0 Å². The quantitative estimate of drug-likeness (QED) is 0.800. The van der Waals surface area contributed by atoms with Crippen LogP contribution in [0.25, 0.3) is 0 Å². The van der Waals surface area contributed by atoms with E-state index in [1.54, 1.807) is 0 Å². The van der Waals surface area contributed by atoms with Crippen LogP contribution in [-0.4, -0.2) is 36.3 Å². The van der Waals surface area contributed by atoms with Gasteiger partial charge in [0.2, 0.25) is 11.8 Å². The molecule has 1 fully saturated rings. The molecule has 0 atom stereocenters. The molecule has 2 amide bonds. The number of aryl methyl sites for hydroxylation is 1. The molecule has 2 aromatic carbocycles. The molecule has 0 unspecified atom stereocenters. The summed E-state index contributed by atoms with van der Waals surface area (Å²) >= 11 is 0. The number of carbonyl (C=O) groups is 2. The minimum atomic E-state index is -0.334. The van der Waals surface area contributed by atoms with Crippen molar-refractivity contribution in [1.29, 1.82) is 0 Å². The molecule has 0 radical (unpaired) electrons. The molecule has 2 aromatic rings. The van der Waals surface area contributed by atoms with Crippen LogP contribution < -0.4 is 10.6 Å². The van der Waals surface area contributed by atoms with Crippen molar-refractivity contribution in [3.8, 4) is 0 Å². The van der Waals surface area contributed by atoms with E-state index in [9.17, 15) is 14.0 Å². The van der Waals surface area contributed by atoms with E-state index in [1.807, 2.05) is 29.2 Å². The third-order valence-electron chi connectivity index (χ3n) is 5.08. The molecule has 6 heteroatoms. The Morgan fingerprint density at radius 3 is 2.14 bits per heavy atom. The zero-order chi connectivity index (χ0) is 19.9. The first-order valence-electron chi connectivity index (χ1n) is 9.71. The van der Waals surface area contributed by atoms with Gasteiger partial charge in [0.15, 0.2) is 0 Å². The first-order chi connectivity index (χ1) is 13.5. The summed E-state index contributed by atoms with van der Waals surface area (Å²) in [5.41, 5.74) is 2.64. The Balaban J connectivity index is 1.42. The van der Waals surface area contributed by atoms with Gasteiger partial charge < -0.3 is 10.6 Å². The summed E-state index contributed by atoms with van der Waals surface area (Å²) in [5.74, 6) is -0.466. The van der Waals surface area contributed by atoms with E-state index < -0.39 is 0 Å². The fourth-order valence-electron chi connectivity index (χ4n) is 3.36. The molecule has 0 spiro atoms. The maximum absolute atomic E-state index is 12.9. The second-order valence-electron chi connectivity index (χ2n) is 7.15. The fourth-order valence-corrected chi connectivity index (χ4v) is 3.36. The van der Waals surface area contributed by atoms with E-state index in [0.717, 1.165) is 24.9 Å². The van der Waals surface area contributed by atoms with Crippen LogP contribution in [0.5, 0.6) is 0 Å². The van der Waals surface area contributed by atoms with Gasteiger partial charge in [0, 0.05) is 17.3 Å². The molecule has 0 aliphatic carbocycles. The number of piperidine rings is 1. The van der Waals surface area contributed by atoms with Crippen molar-refractivity contribution in [2.45, 2.75) is 26.2 Å². The summed E-state index contributed by atoms with van der Waals surface area (Å²) in [6.45, 7) is 3.76. The molecule has 0 aromatic heterocycles. The average Bonchev–Trinajstić information content (AvgIpc) is 2.71. The lowest BCUT2D eigenvalue weighted by atomic mass is 9.95. The summed E-state index contributed by atoms with van der Waals surface area (Å²) in [6.07, 6.45) is 2.42. The van der Waals surface area contributed by atoms with Crippen molar-refractivity contribution in [2.75, 3.05) is 30.3 Å². The number of nitrogens with zero attached hydrogens (tertiary/aromatic N) is 1. The van der Waals surface area contributed by atoms with Crippen molar-refractivity contribution in [3.05, 3.63) is 59.9 Å². The van der Waals surface area contributed by atoms with Gasteiger partial charge in [-0.15, -0.1) is 0 Å². The van der Waals surface area contributed by atoms with Crippen molar-refractivity contribution >= 4 is 23.2 Å². The molecule has 28 heavy (non-hydrogen) atoms. The molecular weight excluding hydrogens is 357 g/mol. The number of anilines is 2. The lowest BCUT2D eigenvalue weighted by Crippen LogP contribution is -2.41. The first-order valence-corrected chi connectivity index (χ1v) is 9.71. The smallest absolute Gasteiger partial charge is 0.238 e. The number of rotatable bonds is 6. The predicted octanol–water partition coefficient (Wildman–Crippen LogP) is 3.68. The van der Waals surface area contributed by atoms with E-state index in [0.29, 0.717) is 18.8 Å². The van der Waals surface area contributed by atoms with E-state index in [2.05, 4.69) is 17.6 Å². The second kappa shape index (κ2) is 9.46. The van der Waals surface area contributed by atoms with Crippen LogP contribution in [0, 0.1) is 11.7 Å². The lowest BCUT2D eigenvalue weighted by Gasteiger charge is -2.30. The third kappa shape index (κ3) is 5.63. The number of benzene rings is 2. The molecular formula is C22H26FN3O2. The first kappa shape index (κ1) is 20.0. The van der Waals surface area contributed by atoms with Gasteiger partial charge in [-0.1, -0.05) is 19.1 Å². The summed E-state index contributed by atoms with van der Waals surface area (Å²) in [5, 5.41) is 5.75. The maximum Gasteiger partial charge on any atom is 0.238 e. The largest absolute Gasteiger partial charge is 0.326 e. The van der Waals surface area contributed by atoms with Gasteiger partial charge in [0.05, 0.1) is 6.54 Å². The Labute approximate surface area is 164 Å². The Morgan fingerprint density at radius 2 is 1.54 bits per heavy atom. The van der Waals surface area contributed by atoms with Gasteiger partial charge in [-0.05, 0) is 74.3 Å². The van der Waals surface area contributed by atoms with Crippen LogP contribution in [0.15, 0.2) is 48.5 Å². The van der Waals surface area contributed by atoms with Crippen LogP contribution in [0.2, 0.25) is 0 Å². The zero-order valence-corrected chi connectivity index (χ0v) is 16.1. The Bertz CT molecular complexity index is 798. The normalized spacial score (nSPS) is 15.2. The molecule has 0 bridgehead atoms. The Hall–Kier alpha value is -2.73. The van der Waals surface area contributed by atoms with Gasteiger partial charge in [-0.25, -0.2) is 4.39 Å². The number of halogens is 1. The molecule has 3 rings (SSSR count). The third-order valence-corrected chi connectivity index (χ3v) is 5.08. The fraction of sp³-hybridized carbons (Fsp3) is 0.364. The monoisotopic (exact) mass is 383 g/mol. The molecule has 1 saturated heterocycles. The number of hydrogen-bond acceptors (Lipinski definition) is 3. The second-order valence-corrected chi connectivity index (χ2v) is 7.15. The van der Waals surface area contributed by atoms with E-state index >= 15 is 0 Å². The van der Waals surface area contributed by atoms with E-state index in [-0.39, 0.29) is 30.1 Å². The van der Waals surface area contributed by atoms with Gasteiger partial charge in [0.1, 0.15) is 5.82 Å². The molecule has 2 N–H and O–H groups in total. The van der Waals surface area contributed by atoms with Crippen molar-refractivity contribution in [2.24, 2.45) is 5.92 Å². The van der Waals surface area contributed by atoms with Crippen LogP contribution >= 0.6 is 0 Å². The van der Waals surface area contributed by atoms with Gasteiger partial charge in [-0.2, -0.15) is 0 Å². The molecule has 1 aliphatic heterocycles. The SMILES string of the molecule is CCc1ccc(NC(=O)C2CCN(CC(=O)Nc3ccc(F)cc3)CC2)cc1. The highest BCUT2D eigenvalue weighted by atomic mass is 19.1. The van der Waals surface area contributed by atoms with Gasteiger partial charge in [-0.3, -0.25) is 14.5 Å². The molecule has 0 saturated carbocycles. The predicted molar refractivity (Wildman–Crippen MR) is 109 cm³/mol. The van der Waals surface area contributed by atoms with Gasteiger partial charge >= 0.3 is 0 Å². The topological polar surface area (TPSA) is 61.4 Å². The average molecular weight is 383 g/mol. The van der Waals surface area contributed by atoms with Crippen LogP contribution in [-0.2, 0) is 16.0 Å². The molecule has 5 nitrogen and oxygen atoms in total. The highest BCUT2D eigenvalue weighted by molar-refractivity contribution is 5.93. The lowest BCUT2D eigenvalue weighted by molar-refractivity contribution is -0.121. The minimum Gasteiger partial charge on any atom is -0.326 e. The standard InChI is InChI=1S/C22H26FN3O2/c1-2-16-3-7-20(8-4-16)25-22(28)17-11-13-26(14-12-17)15-21(27)24-19-9-5-18(23)6-10-19/h3-10,17H,2,11-15H2,1H3,(H,24,27)(H,25,28). The molecule has 1 aliphatic rings. The summed E-state index contributed by atoms with van der Waals surface area (Å²) in [6, 6.07) is 13.6. The molecule has 1 heterocycles. The highest BCUT2D eigenvalue weighted by Crippen LogP contribution is 2.20. The van der Waals surface area contributed by atoms with E-state index in [1.165, 1.54) is 29.8 Å².